The molecular formula is C43H86N2. The zero-order chi connectivity index (χ0) is 32.3. The van der Waals surface area contributed by atoms with E-state index < -0.39 is 0 Å². The molecule has 0 bridgehead atoms. The summed E-state index contributed by atoms with van der Waals surface area (Å²) in [7, 11) is 0. The highest BCUT2D eigenvalue weighted by molar-refractivity contribution is 4.96. The summed E-state index contributed by atoms with van der Waals surface area (Å²) in [6.07, 6.45) is 56.0. The predicted molar refractivity (Wildman–Crippen MR) is 205 cm³/mol. The predicted octanol–water partition coefficient (Wildman–Crippen LogP) is 15.1. The van der Waals surface area contributed by atoms with Gasteiger partial charge in [-0.15, -0.1) is 0 Å². The third-order valence-corrected chi connectivity index (χ3v) is 10.6. The van der Waals surface area contributed by atoms with Gasteiger partial charge in [0, 0.05) is 25.5 Å². The minimum atomic E-state index is 0.637. The van der Waals surface area contributed by atoms with Gasteiger partial charge in [-0.25, -0.2) is 0 Å². The Morgan fingerprint density at radius 3 is 0.756 bits per heavy atom. The van der Waals surface area contributed by atoms with Crippen molar-refractivity contribution in [2.75, 3.05) is 13.1 Å². The summed E-state index contributed by atoms with van der Waals surface area (Å²) in [5.74, 6) is 0. The minimum absolute atomic E-state index is 0.637. The molecule has 2 heteroatoms. The van der Waals surface area contributed by atoms with Crippen LogP contribution in [0.25, 0.3) is 0 Å². The SMILES string of the molecule is CCCCCCCCCCCCCCCCCCN1C=CN(CCCCCCCCCCCCCCCCCC)C1CCCC. The van der Waals surface area contributed by atoms with Crippen molar-refractivity contribution in [2.24, 2.45) is 0 Å². The Labute approximate surface area is 286 Å². The molecule has 0 atom stereocenters. The zero-order valence-electron chi connectivity index (χ0n) is 31.8. The molecule has 2 nitrogen and oxygen atoms in total. The Morgan fingerprint density at radius 1 is 0.289 bits per heavy atom. The van der Waals surface area contributed by atoms with E-state index in [-0.39, 0.29) is 0 Å². The van der Waals surface area contributed by atoms with E-state index >= 15 is 0 Å². The molecule has 1 aliphatic heterocycles. The first-order chi connectivity index (χ1) is 22.3. The van der Waals surface area contributed by atoms with Crippen LogP contribution in [0.4, 0.5) is 0 Å². The van der Waals surface area contributed by atoms with E-state index in [9.17, 15) is 0 Å². The summed E-state index contributed by atoms with van der Waals surface area (Å²) >= 11 is 0. The smallest absolute Gasteiger partial charge is 0.101 e. The van der Waals surface area contributed by atoms with Gasteiger partial charge < -0.3 is 9.80 Å². The third-order valence-electron chi connectivity index (χ3n) is 10.6. The molecule has 0 fully saturated rings. The van der Waals surface area contributed by atoms with Crippen molar-refractivity contribution in [3.63, 3.8) is 0 Å². The number of rotatable bonds is 37. The van der Waals surface area contributed by atoms with Crippen molar-refractivity contribution in [3.05, 3.63) is 12.4 Å². The van der Waals surface area contributed by atoms with E-state index in [0.717, 1.165) is 0 Å². The van der Waals surface area contributed by atoms with Crippen LogP contribution < -0.4 is 0 Å². The highest BCUT2D eigenvalue weighted by atomic mass is 15.4. The summed E-state index contributed by atoms with van der Waals surface area (Å²) in [5.41, 5.74) is 0. The highest BCUT2D eigenvalue weighted by Gasteiger charge is 2.24. The minimum Gasteiger partial charge on any atom is -0.356 e. The largest absolute Gasteiger partial charge is 0.356 e. The fourth-order valence-electron chi connectivity index (χ4n) is 7.41. The van der Waals surface area contributed by atoms with Gasteiger partial charge >= 0.3 is 0 Å². The summed E-state index contributed by atoms with van der Waals surface area (Å²) in [5, 5.41) is 0. The maximum Gasteiger partial charge on any atom is 0.101 e. The Morgan fingerprint density at radius 2 is 0.511 bits per heavy atom. The van der Waals surface area contributed by atoms with Gasteiger partial charge in [-0.05, 0) is 25.7 Å². The first-order valence-corrected chi connectivity index (χ1v) is 21.5. The quantitative estimate of drug-likeness (QED) is 0.0630. The molecule has 0 aromatic carbocycles. The van der Waals surface area contributed by atoms with E-state index in [1.54, 1.807) is 0 Å². The molecule has 1 heterocycles. The summed E-state index contributed by atoms with van der Waals surface area (Å²) in [6.45, 7) is 9.50. The van der Waals surface area contributed by atoms with Gasteiger partial charge in [-0.1, -0.05) is 220 Å². The molecule has 45 heavy (non-hydrogen) atoms. The zero-order valence-corrected chi connectivity index (χ0v) is 31.8. The fraction of sp³-hybridized carbons (Fsp3) is 0.953. The van der Waals surface area contributed by atoms with E-state index in [0.29, 0.717) is 6.17 Å². The Hall–Kier alpha value is -0.660. The van der Waals surface area contributed by atoms with E-state index in [4.69, 9.17) is 0 Å². The molecule has 0 N–H and O–H groups in total. The lowest BCUT2D eigenvalue weighted by Crippen LogP contribution is -2.39. The lowest BCUT2D eigenvalue weighted by Gasteiger charge is -2.33. The third kappa shape index (κ3) is 27.0. The van der Waals surface area contributed by atoms with Crippen molar-refractivity contribution in [1.82, 2.24) is 9.80 Å². The molecule has 268 valence electrons. The lowest BCUT2D eigenvalue weighted by atomic mass is 10.0. The molecule has 0 aromatic rings. The Bertz CT molecular complexity index is 540. The maximum atomic E-state index is 2.69. The number of unbranched alkanes of at least 4 members (excludes halogenated alkanes) is 31. The van der Waals surface area contributed by atoms with Crippen LogP contribution in [0.5, 0.6) is 0 Å². The summed E-state index contributed by atoms with van der Waals surface area (Å²) < 4.78 is 0. The van der Waals surface area contributed by atoms with E-state index in [2.05, 4.69) is 43.0 Å². The second-order valence-electron chi connectivity index (χ2n) is 15.0. The van der Waals surface area contributed by atoms with E-state index in [1.807, 2.05) is 0 Å². The molecule has 0 saturated heterocycles. The summed E-state index contributed by atoms with van der Waals surface area (Å²) in [4.78, 5) is 5.37. The number of hydrogen-bond acceptors (Lipinski definition) is 2. The highest BCUT2D eigenvalue weighted by Crippen LogP contribution is 2.23. The lowest BCUT2D eigenvalue weighted by molar-refractivity contribution is 0.136. The van der Waals surface area contributed by atoms with Crippen LogP contribution in [-0.2, 0) is 0 Å². The van der Waals surface area contributed by atoms with Crippen LogP contribution in [0.1, 0.15) is 245 Å². The second-order valence-corrected chi connectivity index (χ2v) is 15.0. The molecule has 0 saturated carbocycles. The van der Waals surface area contributed by atoms with Gasteiger partial charge in [0.1, 0.15) is 6.17 Å². The van der Waals surface area contributed by atoms with Crippen LogP contribution >= 0.6 is 0 Å². The maximum absolute atomic E-state index is 2.69. The Kier molecular flexibility index (Phi) is 32.6. The van der Waals surface area contributed by atoms with Gasteiger partial charge in [-0.3, -0.25) is 0 Å². The molecule has 1 aliphatic rings. The average Bonchev–Trinajstić information content (AvgIpc) is 3.44. The first-order valence-electron chi connectivity index (χ1n) is 21.5. The van der Waals surface area contributed by atoms with Crippen molar-refractivity contribution >= 4 is 0 Å². The van der Waals surface area contributed by atoms with Crippen molar-refractivity contribution < 1.29 is 0 Å². The monoisotopic (exact) mass is 631 g/mol. The van der Waals surface area contributed by atoms with Crippen LogP contribution in [0.3, 0.4) is 0 Å². The molecular weight excluding hydrogens is 544 g/mol. The van der Waals surface area contributed by atoms with Crippen LogP contribution in [-0.4, -0.2) is 29.1 Å². The molecule has 0 radical (unpaired) electrons. The van der Waals surface area contributed by atoms with Gasteiger partial charge in [0.05, 0.1) is 0 Å². The van der Waals surface area contributed by atoms with Crippen LogP contribution in [0.15, 0.2) is 12.4 Å². The van der Waals surface area contributed by atoms with Crippen LogP contribution in [0.2, 0.25) is 0 Å². The van der Waals surface area contributed by atoms with E-state index in [1.165, 1.54) is 238 Å². The average molecular weight is 631 g/mol. The standard InChI is InChI=1S/C43H86N2/c1-4-7-10-12-14-16-18-20-22-24-26-28-30-32-34-36-39-44-41-42-45(43(44)38-9-6-3)40-37-35-33-31-29-27-25-23-21-19-17-15-13-11-8-5-2/h41-43H,4-40H2,1-3H3. The van der Waals surface area contributed by atoms with Crippen molar-refractivity contribution in [2.45, 2.75) is 252 Å². The molecule has 1 rings (SSSR count). The van der Waals surface area contributed by atoms with Gasteiger partial charge in [0.25, 0.3) is 0 Å². The van der Waals surface area contributed by atoms with Gasteiger partial charge in [0.15, 0.2) is 0 Å². The second kappa shape index (κ2) is 34.7. The fourth-order valence-corrected chi connectivity index (χ4v) is 7.41. The molecule has 0 amide bonds. The first kappa shape index (κ1) is 42.4. The van der Waals surface area contributed by atoms with Gasteiger partial charge in [0.2, 0.25) is 0 Å². The summed E-state index contributed by atoms with van der Waals surface area (Å²) in [6, 6.07) is 0. The molecule has 0 aliphatic carbocycles. The topological polar surface area (TPSA) is 6.48 Å². The van der Waals surface area contributed by atoms with Crippen LogP contribution in [0, 0.1) is 0 Å². The van der Waals surface area contributed by atoms with Crippen molar-refractivity contribution in [3.8, 4) is 0 Å². The number of nitrogens with zero attached hydrogens (tertiary/aromatic N) is 2. The normalized spacial score (nSPS) is 13.6. The van der Waals surface area contributed by atoms with Gasteiger partial charge in [-0.2, -0.15) is 0 Å². The van der Waals surface area contributed by atoms with Crippen molar-refractivity contribution in [1.29, 1.82) is 0 Å². The molecule has 0 aromatic heterocycles. The Balaban J connectivity index is 1.95. The molecule has 0 unspecified atom stereocenters. The molecule has 0 spiro atoms. The number of hydrogen-bond donors (Lipinski definition) is 0.